The molecule has 4 heteroatoms. The predicted molar refractivity (Wildman–Crippen MR) is 98.8 cm³/mol. The topological polar surface area (TPSA) is 12.9 Å². The van der Waals surface area contributed by atoms with E-state index in [1.165, 1.54) is 55.4 Å². The Bertz CT molecular complexity index is 381. The molecule has 0 unspecified atom stereocenters. The van der Waals surface area contributed by atoms with Gasteiger partial charge in [-0.25, -0.2) is 0 Å². The van der Waals surface area contributed by atoms with E-state index < -0.39 is 18.4 Å². The standard InChI is InChI=1S/C5H2Cl2N.3C4H9.Sn/c6-4-1-5(7)3-8-2-4;3*1-3-4-2;/h2-3H;3*1,3-4H2,2H3;. The van der Waals surface area contributed by atoms with Gasteiger partial charge in [-0.1, -0.05) is 0 Å². The second kappa shape index (κ2) is 10.3. The van der Waals surface area contributed by atoms with Crippen LogP contribution in [0.15, 0.2) is 12.4 Å². The summed E-state index contributed by atoms with van der Waals surface area (Å²) in [7, 11) is 0. The van der Waals surface area contributed by atoms with Gasteiger partial charge in [0, 0.05) is 0 Å². The van der Waals surface area contributed by atoms with Crippen molar-refractivity contribution in [3.05, 3.63) is 22.4 Å². The number of halogens is 2. The summed E-state index contributed by atoms with van der Waals surface area (Å²) in [5, 5.41) is 1.67. The first-order valence-electron chi connectivity index (χ1n) is 8.40. The van der Waals surface area contributed by atoms with Gasteiger partial charge in [0.15, 0.2) is 0 Å². The quantitative estimate of drug-likeness (QED) is 0.384. The van der Waals surface area contributed by atoms with Gasteiger partial charge in [-0.3, -0.25) is 0 Å². The van der Waals surface area contributed by atoms with Crippen molar-refractivity contribution in [3.8, 4) is 0 Å². The third-order valence-corrected chi connectivity index (χ3v) is 21.7. The number of pyridine rings is 1. The first-order valence-corrected chi connectivity index (χ1v) is 16.6. The molecule has 1 rings (SSSR count). The number of aromatic nitrogens is 1. The maximum absolute atomic E-state index is 6.56. The van der Waals surface area contributed by atoms with E-state index in [0.29, 0.717) is 0 Å². The Morgan fingerprint density at radius 1 is 0.810 bits per heavy atom. The third-order valence-electron chi connectivity index (χ3n) is 4.41. The monoisotopic (exact) mass is 437 g/mol. The number of hydrogen-bond donors (Lipinski definition) is 0. The van der Waals surface area contributed by atoms with Crippen LogP contribution in [-0.4, -0.2) is 23.4 Å². The minimum absolute atomic E-state index is 0.835. The minimum atomic E-state index is -2.52. The summed E-state index contributed by atoms with van der Waals surface area (Å²) in [4.78, 5) is 4.17. The second-order valence-electron chi connectivity index (χ2n) is 6.07. The van der Waals surface area contributed by atoms with E-state index in [2.05, 4.69) is 25.8 Å². The Hall–Kier alpha value is 0.529. The summed E-state index contributed by atoms with van der Waals surface area (Å²) >= 11 is 10.6. The molecule has 0 radical (unpaired) electrons. The van der Waals surface area contributed by atoms with Crippen molar-refractivity contribution in [2.24, 2.45) is 0 Å². The Labute approximate surface area is 144 Å². The molecular weight excluding hydrogens is 408 g/mol. The summed E-state index contributed by atoms with van der Waals surface area (Å²) in [6.45, 7) is 6.85. The van der Waals surface area contributed by atoms with Crippen molar-refractivity contribution < 1.29 is 0 Å². The molecule has 0 saturated carbocycles. The van der Waals surface area contributed by atoms with Crippen molar-refractivity contribution in [2.75, 3.05) is 0 Å². The first kappa shape index (κ1) is 19.6. The molecule has 1 aromatic rings. The van der Waals surface area contributed by atoms with Crippen molar-refractivity contribution >= 4 is 45.2 Å². The number of rotatable bonds is 10. The van der Waals surface area contributed by atoms with E-state index in [-0.39, 0.29) is 0 Å². The van der Waals surface area contributed by atoms with Gasteiger partial charge in [-0.2, -0.15) is 0 Å². The predicted octanol–water partition coefficient (Wildman–Crippen LogP) is 6.44. The van der Waals surface area contributed by atoms with Crippen LogP contribution < -0.4 is 3.58 Å². The van der Waals surface area contributed by atoms with Gasteiger partial charge in [-0.15, -0.1) is 0 Å². The average Bonchev–Trinajstić information content (AvgIpc) is 2.48. The molecular formula is C17H29Cl2NSn. The van der Waals surface area contributed by atoms with Crippen LogP contribution in [0.4, 0.5) is 0 Å². The van der Waals surface area contributed by atoms with Gasteiger partial charge < -0.3 is 0 Å². The summed E-state index contributed by atoms with van der Waals surface area (Å²) in [6.07, 6.45) is 11.3. The van der Waals surface area contributed by atoms with E-state index in [1.54, 1.807) is 12.4 Å². The SMILES string of the molecule is CCC[CH2][Sn]([CH2]CCC)([CH2]CCC)[c]1c(Cl)cncc1Cl. The molecule has 0 saturated heterocycles. The number of unbranched alkanes of at least 4 members (excludes halogenated alkanes) is 3. The Kier molecular flexibility index (Phi) is 9.63. The van der Waals surface area contributed by atoms with E-state index in [9.17, 15) is 0 Å². The van der Waals surface area contributed by atoms with Gasteiger partial charge in [0.1, 0.15) is 0 Å². The van der Waals surface area contributed by atoms with Gasteiger partial charge in [0.2, 0.25) is 0 Å². The number of hydrogen-bond acceptors (Lipinski definition) is 1. The van der Waals surface area contributed by atoms with Gasteiger partial charge >= 0.3 is 145 Å². The van der Waals surface area contributed by atoms with Crippen LogP contribution >= 0.6 is 23.2 Å². The van der Waals surface area contributed by atoms with E-state index in [4.69, 9.17) is 23.2 Å². The molecule has 1 aromatic heterocycles. The molecule has 0 amide bonds. The molecule has 120 valence electrons. The zero-order valence-electron chi connectivity index (χ0n) is 13.7. The van der Waals surface area contributed by atoms with Gasteiger partial charge in [0.05, 0.1) is 0 Å². The van der Waals surface area contributed by atoms with Crippen molar-refractivity contribution in [2.45, 2.75) is 72.6 Å². The fraction of sp³-hybridized carbons (Fsp3) is 0.706. The molecule has 0 N–H and O–H groups in total. The zero-order chi connectivity index (χ0) is 15.7. The molecule has 1 heterocycles. The molecule has 1 nitrogen and oxygen atoms in total. The van der Waals surface area contributed by atoms with Crippen molar-refractivity contribution in [1.29, 1.82) is 0 Å². The molecule has 0 spiro atoms. The van der Waals surface area contributed by atoms with Crippen LogP contribution in [0, 0.1) is 0 Å². The fourth-order valence-corrected chi connectivity index (χ4v) is 22.6. The summed E-state index contributed by atoms with van der Waals surface area (Å²) in [5.41, 5.74) is 0. The van der Waals surface area contributed by atoms with E-state index >= 15 is 0 Å². The van der Waals surface area contributed by atoms with Crippen LogP contribution in [0.1, 0.15) is 59.3 Å². The van der Waals surface area contributed by atoms with Crippen LogP contribution in [0.5, 0.6) is 0 Å². The molecule has 0 aliphatic rings. The Morgan fingerprint density at radius 2 is 1.19 bits per heavy atom. The summed E-state index contributed by atoms with van der Waals surface area (Å²) in [6, 6.07) is 0. The summed E-state index contributed by atoms with van der Waals surface area (Å²) in [5.74, 6) is 0. The molecule has 0 fully saturated rings. The maximum atomic E-state index is 6.56. The number of nitrogens with zero attached hydrogens (tertiary/aromatic N) is 1. The Morgan fingerprint density at radius 3 is 1.52 bits per heavy atom. The van der Waals surface area contributed by atoms with Crippen LogP contribution in [0.25, 0.3) is 0 Å². The van der Waals surface area contributed by atoms with Gasteiger partial charge in [-0.05, 0) is 0 Å². The third kappa shape index (κ3) is 5.58. The average molecular weight is 437 g/mol. The van der Waals surface area contributed by atoms with E-state index in [1.807, 2.05) is 0 Å². The van der Waals surface area contributed by atoms with Crippen molar-refractivity contribution in [3.63, 3.8) is 0 Å². The molecule has 0 aliphatic heterocycles. The summed E-state index contributed by atoms with van der Waals surface area (Å²) < 4.78 is 5.51. The fourth-order valence-electron chi connectivity index (χ4n) is 3.21. The van der Waals surface area contributed by atoms with Gasteiger partial charge in [0.25, 0.3) is 0 Å². The molecule has 0 aliphatic carbocycles. The van der Waals surface area contributed by atoms with Crippen LogP contribution in [0.2, 0.25) is 23.4 Å². The molecule has 0 bridgehead atoms. The zero-order valence-corrected chi connectivity index (χ0v) is 18.1. The molecule has 21 heavy (non-hydrogen) atoms. The molecule has 0 atom stereocenters. The second-order valence-corrected chi connectivity index (χ2v) is 19.9. The molecule has 0 aromatic carbocycles. The first-order chi connectivity index (χ1) is 10.1. The normalized spacial score (nSPS) is 11.9. The Balaban J connectivity index is 3.23. The van der Waals surface area contributed by atoms with Crippen LogP contribution in [0.3, 0.4) is 0 Å². The van der Waals surface area contributed by atoms with E-state index in [0.717, 1.165) is 10.0 Å². The van der Waals surface area contributed by atoms with Crippen molar-refractivity contribution in [1.82, 2.24) is 4.98 Å². The van der Waals surface area contributed by atoms with Crippen LogP contribution in [-0.2, 0) is 0 Å².